The summed E-state index contributed by atoms with van der Waals surface area (Å²) < 4.78 is 19.6. The molecule has 0 radical (unpaired) electrons. The van der Waals surface area contributed by atoms with Crippen LogP contribution in [0.3, 0.4) is 0 Å². The van der Waals surface area contributed by atoms with Gasteiger partial charge in [0.05, 0.1) is 13.5 Å². The molecule has 4 nitrogen and oxygen atoms in total. The predicted octanol–water partition coefficient (Wildman–Crippen LogP) is 3.27. The number of rotatable bonds is 5. The molecule has 1 aliphatic rings. The van der Waals surface area contributed by atoms with E-state index in [0.717, 1.165) is 12.8 Å². The van der Waals surface area contributed by atoms with E-state index in [-0.39, 0.29) is 29.4 Å². The Balaban J connectivity index is 2.49. The fourth-order valence-electron chi connectivity index (χ4n) is 2.33. The molecule has 0 heterocycles. The van der Waals surface area contributed by atoms with Gasteiger partial charge < -0.3 is 14.9 Å². The number of halogens is 2. The molecule has 0 amide bonds. The molecule has 0 saturated heterocycles. The molecule has 1 aromatic rings. The second-order valence-electron chi connectivity index (χ2n) is 4.68. The number of carboxylic acid groups (broad SMARTS) is 1. The standard InChI is InChI=1S/C13H14BrFO4/c1-19-13-9(16)5-8(14)11(12(13)15)7(4-10(17)18)6-2-3-6/h5-7,16H,2-4H2,1H3,(H,17,18). The Kier molecular flexibility index (Phi) is 3.99. The van der Waals surface area contributed by atoms with Crippen LogP contribution < -0.4 is 4.74 Å². The average molecular weight is 333 g/mol. The second kappa shape index (κ2) is 5.36. The molecule has 1 aliphatic carbocycles. The van der Waals surface area contributed by atoms with Crippen LogP contribution in [0.2, 0.25) is 0 Å². The van der Waals surface area contributed by atoms with Gasteiger partial charge >= 0.3 is 5.97 Å². The summed E-state index contributed by atoms with van der Waals surface area (Å²) in [4.78, 5) is 10.9. The third-order valence-electron chi connectivity index (χ3n) is 3.35. The van der Waals surface area contributed by atoms with E-state index >= 15 is 0 Å². The van der Waals surface area contributed by atoms with E-state index in [1.54, 1.807) is 0 Å². The van der Waals surface area contributed by atoms with Crippen molar-refractivity contribution < 1.29 is 24.1 Å². The minimum Gasteiger partial charge on any atom is -0.504 e. The van der Waals surface area contributed by atoms with Gasteiger partial charge in [-0.1, -0.05) is 15.9 Å². The molecule has 2 rings (SSSR count). The van der Waals surface area contributed by atoms with E-state index in [1.165, 1.54) is 13.2 Å². The van der Waals surface area contributed by atoms with Crippen LogP contribution in [-0.4, -0.2) is 23.3 Å². The van der Waals surface area contributed by atoms with Crippen LogP contribution in [0.1, 0.15) is 30.7 Å². The third-order valence-corrected chi connectivity index (χ3v) is 4.01. The highest BCUT2D eigenvalue weighted by atomic mass is 79.9. The minimum absolute atomic E-state index is 0.131. The van der Waals surface area contributed by atoms with Crippen molar-refractivity contribution in [3.63, 3.8) is 0 Å². The first-order valence-electron chi connectivity index (χ1n) is 5.92. The molecule has 1 unspecified atom stereocenters. The van der Waals surface area contributed by atoms with Gasteiger partial charge in [0.1, 0.15) is 0 Å². The maximum absolute atomic E-state index is 14.4. The van der Waals surface area contributed by atoms with E-state index in [1.807, 2.05) is 0 Å². The molecular weight excluding hydrogens is 319 g/mol. The normalized spacial score (nSPS) is 16.2. The highest BCUT2D eigenvalue weighted by Gasteiger charge is 2.37. The van der Waals surface area contributed by atoms with Crippen molar-refractivity contribution in [3.8, 4) is 11.5 Å². The van der Waals surface area contributed by atoms with Crippen LogP contribution in [-0.2, 0) is 4.79 Å². The second-order valence-corrected chi connectivity index (χ2v) is 5.53. The van der Waals surface area contributed by atoms with Crippen molar-refractivity contribution in [2.45, 2.75) is 25.2 Å². The number of benzene rings is 1. The van der Waals surface area contributed by atoms with E-state index in [4.69, 9.17) is 9.84 Å². The maximum atomic E-state index is 14.4. The molecule has 1 saturated carbocycles. The quantitative estimate of drug-likeness (QED) is 0.868. The number of carbonyl (C=O) groups is 1. The largest absolute Gasteiger partial charge is 0.504 e. The lowest BCUT2D eigenvalue weighted by Crippen LogP contribution is -2.11. The predicted molar refractivity (Wildman–Crippen MR) is 70.0 cm³/mol. The lowest BCUT2D eigenvalue weighted by molar-refractivity contribution is -0.137. The summed E-state index contributed by atoms with van der Waals surface area (Å²) in [5.41, 5.74) is 0.277. The molecule has 0 aliphatic heterocycles. The molecule has 6 heteroatoms. The number of phenols is 1. The van der Waals surface area contributed by atoms with Crippen LogP contribution in [0, 0.1) is 11.7 Å². The van der Waals surface area contributed by atoms with Crippen LogP contribution in [0.4, 0.5) is 4.39 Å². The Bertz CT molecular complexity index is 514. The Labute approximate surface area is 118 Å². The summed E-state index contributed by atoms with van der Waals surface area (Å²) in [6, 6.07) is 1.34. The fraction of sp³-hybridized carbons (Fsp3) is 0.462. The van der Waals surface area contributed by atoms with Crippen molar-refractivity contribution >= 4 is 21.9 Å². The smallest absolute Gasteiger partial charge is 0.303 e. The zero-order valence-corrected chi connectivity index (χ0v) is 11.9. The van der Waals surface area contributed by atoms with Gasteiger partial charge in [0.2, 0.25) is 0 Å². The van der Waals surface area contributed by atoms with Crippen molar-refractivity contribution in [2.24, 2.45) is 5.92 Å². The Hall–Kier alpha value is -1.30. The topological polar surface area (TPSA) is 66.8 Å². The van der Waals surface area contributed by atoms with Crippen molar-refractivity contribution in [1.29, 1.82) is 0 Å². The van der Waals surface area contributed by atoms with Crippen LogP contribution in [0.25, 0.3) is 0 Å². The Morgan fingerprint density at radius 1 is 1.63 bits per heavy atom. The first-order chi connectivity index (χ1) is 8.95. The number of hydrogen-bond acceptors (Lipinski definition) is 3. The van der Waals surface area contributed by atoms with Gasteiger partial charge in [0.15, 0.2) is 17.3 Å². The number of phenolic OH excluding ortho intramolecular Hbond substituents is 1. The van der Waals surface area contributed by atoms with Gasteiger partial charge in [-0.2, -0.15) is 0 Å². The van der Waals surface area contributed by atoms with Crippen LogP contribution in [0.5, 0.6) is 11.5 Å². The third kappa shape index (κ3) is 2.83. The van der Waals surface area contributed by atoms with E-state index in [2.05, 4.69) is 15.9 Å². The Morgan fingerprint density at radius 2 is 2.26 bits per heavy atom. The monoisotopic (exact) mass is 332 g/mol. The molecule has 1 atom stereocenters. The number of hydrogen-bond donors (Lipinski definition) is 2. The number of methoxy groups -OCH3 is 1. The van der Waals surface area contributed by atoms with Gasteiger partial charge in [0, 0.05) is 16.0 Å². The number of carboxylic acids is 1. The molecule has 104 valence electrons. The van der Waals surface area contributed by atoms with Crippen molar-refractivity contribution in [2.75, 3.05) is 7.11 Å². The molecular formula is C13H14BrFO4. The van der Waals surface area contributed by atoms with Crippen LogP contribution >= 0.6 is 15.9 Å². The maximum Gasteiger partial charge on any atom is 0.303 e. The molecule has 1 aromatic carbocycles. The van der Waals surface area contributed by atoms with Crippen molar-refractivity contribution in [1.82, 2.24) is 0 Å². The summed E-state index contributed by atoms with van der Waals surface area (Å²) in [6.45, 7) is 0. The summed E-state index contributed by atoms with van der Waals surface area (Å²) >= 11 is 3.20. The number of aliphatic carboxylic acids is 1. The molecule has 0 bridgehead atoms. The molecule has 0 aromatic heterocycles. The molecule has 1 fully saturated rings. The highest BCUT2D eigenvalue weighted by Crippen LogP contribution is 2.49. The molecule has 2 N–H and O–H groups in total. The number of aromatic hydroxyl groups is 1. The minimum atomic E-state index is -0.963. The zero-order chi connectivity index (χ0) is 14.2. The zero-order valence-electron chi connectivity index (χ0n) is 10.3. The fourth-order valence-corrected chi connectivity index (χ4v) is 3.01. The lowest BCUT2D eigenvalue weighted by atomic mass is 9.90. The van der Waals surface area contributed by atoms with Gasteiger partial charge in [-0.25, -0.2) is 4.39 Å². The van der Waals surface area contributed by atoms with E-state index in [0.29, 0.717) is 4.47 Å². The Morgan fingerprint density at radius 3 is 2.74 bits per heavy atom. The van der Waals surface area contributed by atoms with Gasteiger partial charge in [-0.3, -0.25) is 4.79 Å². The summed E-state index contributed by atoms with van der Waals surface area (Å²) in [5.74, 6) is -2.42. The van der Waals surface area contributed by atoms with Crippen LogP contribution in [0.15, 0.2) is 10.5 Å². The highest BCUT2D eigenvalue weighted by molar-refractivity contribution is 9.10. The molecule has 0 spiro atoms. The first kappa shape index (κ1) is 14.1. The average Bonchev–Trinajstić information content (AvgIpc) is 3.10. The van der Waals surface area contributed by atoms with Gasteiger partial charge in [-0.15, -0.1) is 0 Å². The van der Waals surface area contributed by atoms with E-state index in [9.17, 15) is 14.3 Å². The lowest BCUT2D eigenvalue weighted by Gasteiger charge is -2.19. The first-order valence-corrected chi connectivity index (χ1v) is 6.71. The van der Waals surface area contributed by atoms with E-state index < -0.39 is 17.7 Å². The summed E-state index contributed by atoms with van der Waals surface area (Å²) in [5, 5.41) is 18.6. The van der Waals surface area contributed by atoms with Gasteiger partial charge in [0.25, 0.3) is 0 Å². The summed E-state index contributed by atoms with van der Waals surface area (Å²) in [6.07, 6.45) is 1.66. The summed E-state index contributed by atoms with van der Waals surface area (Å²) in [7, 11) is 1.26. The van der Waals surface area contributed by atoms with Gasteiger partial charge in [-0.05, 0) is 24.8 Å². The SMILES string of the molecule is COc1c(O)cc(Br)c(C(CC(=O)O)C2CC2)c1F. The molecule has 19 heavy (non-hydrogen) atoms. The van der Waals surface area contributed by atoms with Crippen molar-refractivity contribution in [3.05, 3.63) is 21.9 Å². The number of ether oxygens (including phenoxy) is 1.